The van der Waals surface area contributed by atoms with Crippen LogP contribution in [0.4, 0.5) is 0 Å². The molecule has 1 rings (SSSR count). The van der Waals surface area contributed by atoms with Gasteiger partial charge in [0.25, 0.3) is 0 Å². The zero-order valence-corrected chi connectivity index (χ0v) is 11.0. The number of amides is 1. The SMILES string of the molecule is COCCC(C)(C)CNC(=O)C1COCCN1. The van der Waals surface area contributed by atoms with Crippen LogP contribution >= 0.6 is 0 Å². The monoisotopic (exact) mass is 244 g/mol. The molecule has 0 bridgehead atoms. The van der Waals surface area contributed by atoms with Crippen molar-refractivity contribution in [3.05, 3.63) is 0 Å². The van der Waals surface area contributed by atoms with Crippen molar-refractivity contribution < 1.29 is 14.3 Å². The molecule has 17 heavy (non-hydrogen) atoms. The number of ether oxygens (including phenoxy) is 2. The van der Waals surface area contributed by atoms with Crippen molar-refractivity contribution in [1.82, 2.24) is 10.6 Å². The molecule has 1 aliphatic rings. The van der Waals surface area contributed by atoms with Gasteiger partial charge in [0, 0.05) is 26.8 Å². The first-order valence-electron chi connectivity index (χ1n) is 6.13. The van der Waals surface area contributed by atoms with Gasteiger partial charge in [-0.25, -0.2) is 0 Å². The maximum absolute atomic E-state index is 11.8. The van der Waals surface area contributed by atoms with Gasteiger partial charge in [-0.15, -0.1) is 0 Å². The minimum absolute atomic E-state index is 0.0233. The topological polar surface area (TPSA) is 59.6 Å². The van der Waals surface area contributed by atoms with E-state index in [0.717, 1.165) is 13.0 Å². The Hall–Kier alpha value is -0.650. The molecular formula is C12H24N2O3. The molecule has 1 unspecified atom stereocenters. The lowest BCUT2D eigenvalue weighted by Crippen LogP contribution is -2.52. The molecule has 100 valence electrons. The van der Waals surface area contributed by atoms with Gasteiger partial charge in [-0.05, 0) is 11.8 Å². The van der Waals surface area contributed by atoms with Crippen LogP contribution in [0.3, 0.4) is 0 Å². The van der Waals surface area contributed by atoms with Crippen molar-refractivity contribution in [2.24, 2.45) is 5.41 Å². The first kappa shape index (κ1) is 14.4. The summed E-state index contributed by atoms with van der Waals surface area (Å²) in [6.07, 6.45) is 0.929. The largest absolute Gasteiger partial charge is 0.385 e. The Bertz CT molecular complexity index is 238. The van der Waals surface area contributed by atoms with E-state index in [1.165, 1.54) is 0 Å². The summed E-state index contributed by atoms with van der Waals surface area (Å²) in [5.74, 6) is 0.0233. The highest BCUT2D eigenvalue weighted by molar-refractivity contribution is 5.82. The third kappa shape index (κ3) is 5.48. The van der Waals surface area contributed by atoms with Crippen molar-refractivity contribution in [2.45, 2.75) is 26.3 Å². The van der Waals surface area contributed by atoms with E-state index < -0.39 is 0 Å². The number of carbonyl (C=O) groups is 1. The van der Waals surface area contributed by atoms with E-state index >= 15 is 0 Å². The van der Waals surface area contributed by atoms with Crippen LogP contribution in [0.25, 0.3) is 0 Å². The summed E-state index contributed by atoms with van der Waals surface area (Å²) >= 11 is 0. The second-order valence-corrected chi connectivity index (χ2v) is 5.21. The Morgan fingerprint density at radius 2 is 2.35 bits per heavy atom. The van der Waals surface area contributed by atoms with E-state index in [-0.39, 0.29) is 17.4 Å². The van der Waals surface area contributed by atoms with E-state index in [4.69, 9.17) is 9.47 Å². The van der Waals surface area contributed by atoms with Crippen molar-refractivity contribution in [2.75, 3.05) is 40.0 Å². The molecule has 1 fully saturated rings. The van der Waals surface area contributed by atoms with Crippen LogP contribution in [-0.4, -0.2) is 52.0 Å². The molecule has 0 aliphatic carbocycles. The van der Waals surface area contributed by atoms with Gasteiger partial charge < -0.3 is 20.1 Å². The molecule has 0 spiro atoms. The zero-order chi connectivity index (χ0) is 12.7. The summed E-state index contributed by atoms with van der Waals surface area (Å²) in [6, 6.07) is -0.207. The fourth-order valence-electron chi connectivity index (χ4n) is 1.65. The van der Waals surface area contributed by atoms with Gasteiger partial charge in [-0.2, -0.15) is 0 Å². The normalized spacial score (nSPS) is 21.2. The molecular weight excluding hydrogens is 220 g/mol. The molecule has 0 radical (unpaired) electrons. The van der Waals surface area contributed by atoms with Crippen LogP contribution in [0.15, 0.2) is 0 Å². The molecule has 0 aromatic rings. The number of hydrogen-bond donors (Lipinski definition) is 2. The van der Waals surface area contributed by atoms with E-state index in [2.05, 4.69) is 24.5 Å². The Balaban J connectivity index is 2.26. The number of methoxy groups -OCH3 is 1. The Kier molecular flexibility index (Phi) is 5.88. The number of hydrogen-bond acceptors (Lipinski definition) is 4. The number of carbonyl (C=O) groups excluding carboxylic acids is 1. The molecule has 1 saturated heterocycles. The highest BCUT2D eigenvalue weighted by Gasteiger charge is 2.24. The van der Waals surface area contributed by atoms with Gasteiger partial charge in [0.2, 0.25) is 5.91 Å². The molecule has 0 saturated carbocycles. The van der Waals surface area contributed by atoms with Crippen molar-refractivity contribution in [3.8, 4) is 0 Å². The van der Waals surface area contributed by atoms with E-state index in [0.29, 0.717) is 26.4 Å². The van der Waals surface area contributed by atoms with E-state index in [9.17, 15) is 4.79 Å². The lowest BCUT2D eigenvalue weighted by Gasteiger charge is -2.27. The van der Waals surface area contributed by atoms with Crippen molar-refractivity contribution >= 4 is 5.91 Å². The highest BCUT2D eigenvalue weighted by atomic mass is 16.5. The molecule has 0 aromatic heterocycles. The molecule has 5 nitrogen and oxygen atoms in total. The number of nitrogens with one attached hydrogen (secondary N) is 2. The molecule has 2 N–H and O–H groups in total. The summed E-state index contributed by atoms with van der Waals surface area (Å²) in [7, 11) is 1.69. The quantitative estimate of drug-likeness (QED) is 0.698. The summed E-state index contributed by atoms with van der Waals surface area (Å²) < 4.78 is 10.3. The van der Waals surface area contributed by atoms with Crippen molar-refractivity contribution in [3.63, 3.8) is 0 Å². The maximum atomic E-state index is 11.8. The van der Waals surface area contributed by atoms with Gasteiger partial charge in [0.1, 0.15) is 6.04 Å². The molecule has 1 aliphatic heterocycles. The van der Waals surface area contributed by atoms with Crippen LogP contribution in [-0.2, 0) is 14.3 Å². The molecule has 1 amide bonds. The first-order valence-corrected chi connectivity index (χ1v) is 6.13. The lowest BCUT2D eigenvalue weighted by atomic mass is 9.89. The predicted octanol–water partition coefficient (Wildman–Crippen LogP) is 0.154. The average molecular weight is 244 g/mol. The molecule has 1 heterocycles. The first-order chi connectivity index (χ1) is 8.05. The molecule has 1 atom stereocenters. The van der Waals surface area contributed by atoms with Gasteiger partial charge in [-0.3, -0.25) is 4.79 Å². The Morgan fingerprint density at radius 1 is 1.59 bits per heavy atom. The Morgan fingerprint density at radius 3 is 2.94 bits per heavy atom. The Labute approximate surface area is 103 Å². The minimum atomic E-state index is -0.207. The van der Waals surface area contributed by atoms with Crippen LogP contribution in [0.5, 0.6) is 0 Å². The van der Waals surface area contributed by atoms with E-state index in [1.54, 1.807) is 7.11 Å². The van der Waals surface area contributed by atoms with E-state index in [1.807, 2.05) is 0 Å². The third-order valence-electron chi connectivity index (χ3n) is 2.96. The number of rotatable bonds is 6. The van der Waals surface area contributed by atoms with Gasteiger partial charge >= 0.3 is 0 Å². The molecule has 0 aromatic carbocycles. The lowest BCUT2D eigenvalue weighted by molar-refractivity contribution is -0.126. The van der Waals surface area contributed by atoms with Gasteiger partial charge in [0.05, 0.1) is 13.2 Å². The summed E-state index contributed by atoms with van der Waals surface area (Å²) in [4.78, 5) is 11.8. The average Bonchev–Trinajstić information content (AvgIpc) is 2.35. The maximum Gasteiger partial charge on any atom is 0.239 e. The van der Waals surface area contributed by atoms with Crippen LogP contribution in [0.1, 0.15) is 20.3 Å². The summed E-state index contributed by atoms with van der Waals surface area (Å²) in [5, 5.41) is 6.10. The fraction of sp³-hybridized carbons (Fsp3) is 0.917. The fourth-order valence-corrected chi connectivity index (χ4v) is 1.65. The number of morpholine rings is 1. The summed E-state index contributed by atoms with van der Waals surface area (Å²) in [5.41, 5.74) is 0.0567. The molecule has 5 heteroatoms. The van der Waals surface area contributed by atoms with Crippen LogP contribution in [0.2, 0.25) is 0 Å². The van der Waals surface area contributed by atoms with Crippen LogP contribution in [0, 0.1) is 5.41 Å². The standard InChI is InChI=1S/C12H24N2O3/c1-12(2,4-6-16-3)9-14-11(15)10-8-17-7-5-13-10/h10,13H,4-9H2,1-3H3,(H,14,15). The zero-order valence-electron chi connectivity index (χ0n) is 11.0. The minimum Gasteiger partial charge on any atom is -0.385 e. The second kappa shape index (κ2) is 6.93. The third-order valence-corrected chi connectivity index (χ3v) is 2.96. The predicted molar refractivity (Wildman–Crippen MR) is 65.9 cm³/mol. The van der Waals surface area contributed by atoms with Gasteiger partial charge in [-0.1, -0.05) is 13.8 Å². The van der Waals surface area contributed by atoms with Gasteiger partial charge in [0.15, 0.2) is 0 Å². The second-order valence-electron chi connectivity index (χ2n) is 5.21. The smallest absolute Gasteiger partial charge is 0.239 e. The van der Waals surface area contributed by atoms with Crippen LogP contribution < -0.4 is 10.6 Å². The summed E-state index contributed by atoms with van der Waals surface area (Å²) in [6.45, 7) is 7.51. The highest BCUT2D eigenvalue weighted by Crippen LogP contribution is 2.18. The van der Waals surface area contributed by atoms with Crippen molar-refractivity contribution in [1.29, 1.82) is 0 Å².